The van der Waals surface area contributed by atoms with E-state index in [-0.39, 0.29) is 17.6 Å². The molecule has 0 spiro atoms. The molecule has 2 aromatic heterocycles. The van der Waals surface area contributed by atoms with Crippen LogP contribution in [0.2, 0.25) is 0 Å². The van der Waals surface area contributed by atoms with Crippen LogP contribution < -0.4 is 5.56 Å². The van der Waals surface area contributed by atoms with Gasteiger partial charge in [0.05, 0.1) is 12.0 Å². The molecule has 0 unspecified atom stereocenters. The molecule has 0 radical (unpaired) electrons. The van der Waals surface area contributed by atoms with Crippen molar-refractivity contribution in [2.75, 3.05) is 6.61 Å². The van der Waals surface area contributed by atoms with Crippen molar-refractivity contribution in [3.63, 3.8) is 0 Å². The Morgan fingerprint density at radius 1 is 1.53 bits per heavy atom. The Labute approximate surface area is 108 Å². The summed E-state index contributed by atoms with van der Waals surface area (Å²) in [5, 5.41) is 10.3. The Morgan fingerprint density at radius 2 is 2.21 bits per heavy atom. The molecule has 0 amide bonds. The van der Waals surface area contributed by atoms with E-state index in [0.29, 0.717) is 5.82 Å². The maximum absolute atomic E-state index is 12.1. The number of aryl methyl sites for hydroxylation is 2. The lowest BCUT2D eigenvalue weighted by molar-refractivity contribution is 0.0520. The number of aromatic nitrogens is 3. The summed E-state index contributed by atoms with van der Waals surface area (Å²) in [4.78, 5) is 31.8. The molecule has 0 aromatic carbocycles. The van der Waals surface area contributed by atoms with Crippen molar-refractivity contribution in [1.82, 2.24) is 14.5 Å². The van der Waals surface area contributed by atoms with E-state index in [1.807, 2.05) is 0 Å². The zero-order chi connectivity index (χ0) is 14.2. The Bertz CT molecular complexity index is 721. The number of ether oxygens (including phenoxy) is 1. The van der Waals surface area contributed by atoms with Crippen molar-refractivity contribution in [3.8, 4) is 5.75 Å². The van der Waals surface area contributed by atoms with Gasteiger partial charge in [-0.05, 0) is 13.8 Å². The number of rotatable bonds is 2. The molecule has 0 saturated carbocycles. The summed E-state index contributed by atoms with van der Waals surface area (Å²) in [5.74, 6) is -0.842. The standard InChI is InChI=1S/C12H13N3O4/c1-4-19-12(18)8-9(16)7-5-13-6(2)14-10(7)15(3)11(8)17/h5,16H,4H2,1-3H3. The molecule has 2 heterocycles. The fourth-order valence-electron chi connectivity index (χ4n) is 1.77. The topological polar surface area (TPSA) is 94.3 Å². The van der Waals surface area contributed by atoms with Crippen molar-refractivity contribution in [2.45, 2.75) is 13.8 Å². The number of carbonyl (C=O) groups is 1. The van der Waals surface area contributed by atoms with Crippen LogP contribution in [0.1, 0.15) is 23.1 Å². The third kappa shape index (κ3) is 2.03. The fraction of sp³-hybridized carbons (Fsp3) is 0.333. The van der Waals surface area contributed by atoms with Crippen LogP contribution in [-0.2, 0) is 11.8 Å². The lowest BCUT2D eigenvalue weighted by Crippen LogP contribution is -2.26. The summed E-state index contributed by atoms with van der Waals surface area (Å²) in [6.07, 6.45) is 1.37. The van der Waals surface area contributed by atoms with Crippen LogP contribution in [0.4, 0.5) is 0 Å². The van der Waals surface area contributed by atoms with Gasteiger partial charge in [0.2, 0.25) is 0 Å². The number of nitrogens with zero attached hydrogens (tertiary/aromatic N) is 3. The Balaban J connectivity index is 2.85. The molecule has 19 heavy (non-hydrogen) atoms. The minimum atomic E-state index is -0.858. The van der Waals surface area contributed by atoms with Crippen LogP contribution in [0.3, 0.4) is 0 Å². The van der Waals surface area contributed by atoms with Crippen molar-refractivity contribution < 1.29 is 14.6 Å². The molecule has 7 heteroatoms. The molecule has 2 rings (SSSR count). The van der Waals surface area contributed by atoms with Crippen molar-refractivity contribution in [2.24, 2.45) is 7.05 Å². The fourth-order valence-corrected chi connectivity index (χ4v) is 1.77. The van der Waals surface area contributed by atoms with Crippen molar-refractivity contribution in [1.29, 1.82) is 0 Å². The van der Waals surface area contributed by atoms with Crippen LogP contribution in [0.15, 0.2) is 11.0 Å². The molecular formula is C12H13N3O4. The van der Waals surface area contributed by atoms with Gasteiger partial charge in [-0.15, -0.1) is 0 Å². The van der Waals surface area contributed by atoms with Gasteiger partial charge in [-0.3, -0.25) is 9.36 Å². The molecule has 1 N–H and O–H groups in total. The third-order valence-corrected chi connectivity index (χ3v) is 2.70. The zero-order valence-electron chi connectivity index (χ0n) is 10.8. The van der Waals surface area contributed by atoms with Crippen LogP contribution in [0.25, 0.3) is 11.0 Å². The van der Waals surface area contributed by atoms with Crippen LogP contribution >= 0.6 is 0 Å². The second-order valence-corrected chi connectivity index (χ2v) is 3.96. The SMILES string of the molecule is CCOC(=O)c1c(O)c2cnc(C)nc2n(C)c1=O. The quantitative estimate of drug-likeness (QED) is 0.794. The van der Waals surface area contributed by atoms with E-state index >= 15 is 0 Å². The van der Waals surface area contributed by atoms with Gasteiger partial charge in [0.15, 0.2) is 5.56 Å². The first-order valence-corrected chi connectivity index (χ1v) is 5.69. The van der Waals surface area contributed by atoms with Gasteiger partial charge in [0.25, 0.3) is 5.56 Å². The average Bonchev–Trinajstić information content (AvgIpc) is 2.36. The highest BCUT2D eigenvalue weighted by molar-refractivity contribution is 5.98. The van der Waals surface area contributed by atoms with Gasteiger partial charge >= 0.3 is 5.97 Å². The predicted molar refractivity (Wildman–Crippen MR) is 67.1 cm³/mol. The number of esters is 1. The summed E-state index contributed by atoms with van der Waals surface area (Å²) in [6.45, 7) is 3.40. The number of carbonyl (C=O) groups excluding carboxylic acids is 1. The van der Waals surface area contributed by atoms with Crippen LogP contribution in [0.5, 0.6) is 5.75 Å². The van der Waals surface area contributed by atoms with Gasteiger partial charge in [0, 0.05) is 13.2 Å². The highest BCUT2D eigenvalue weighted by Crippen LogP contribution is 2.24. The van der Waals surface area contributed by atoms with E-state index in [9.17, 15) is 14.7 Å². The minimum absolute atomic E-state index is 0.115. The first-order valence-electron chi connectivity index (χ1n) is 5.69. The molecular weight excluding hydrogens is 250 g/mol. The lowest BCUT2D eigenvalue weighted by Gasteiger charge is -2.10. The second-order valence-electron chi connectivity index (χ2n) is 3.96. The molecule has 0 bridgehead atoms. The predicted octanol–water partition coefficient (Wildman–Crippen LogP) is 0.519. The van der Waals surface area contributed by atoms with E-state index in [2.05, 4.69) is 9.97 Å². The van der Waals surface area contributed by atoms with Gasteiger partial charge in [-0.1, -0.05) is 0 Å². The number of fused-ring (bicyclic) bond motifs is 1. The molecule has 2 aromatic rings. The normalized spacial score (nSPS) is 10.7. The van der Waals surface area contributed by atoms with E-state index in [1.54, 1.807) is 13.8 Å². The third-order valence-electron chi connectivity index (χ3n) is 2.70. The molecule has 0 aliphatic carbocycles. The summed E-state index contributed by atoms with van der Waals surface area (Å²) in [7, 11) is 1.47. The van der Waals surface area contributed by atoms with E-state index < -0.39 is 22.8 Å². The number of pyridine rings is 1. The van der Waals surface area contributed by atoms with Crippen molar-refractivity contribution >= 4 is 17.0 Å². The molecule has 0 aliphatic heterocycles. The van der Waals surface area contributed by atoms with Crippen molar-refractivity contribution in [3.05, 3.63) is 27.9 Å². The highest BCUT2D eigenvalue weighted by atomic mass is 16.5. The summed E-state index contributed by atoms with van der Waals surface area (Å²) < 4.78 is 5.95. The molecule has 7 nitrogen and oxygen atoms in total. The molecule has 0 fully saturated rings. The zero-order valence-corrected chi connectivity index (χ0v) is 10.8. The molecule has 0 aliphatic rings. The summed E-state index contributed by atoms with van der Waals surface area (Å²) in [5.41, 5.74) is -0.783. The maximum Gasteiger partial charge on any atom is 0.347 e. The van der Waals surface area contributed by atoms with E-state index in [1.165, 1.54) is 17.8 Å². The number of hydrogen-bond acceptors (Lipinski definition) is 6. The van der Waals surface area contributed by atoms with Gasteiger partial charge in [-0.2, -0.15) is 0 Å². The molecule has 0 saturated heterocycles. The Hall–Kier alpha value is -2.44. The molecule has 0 atom stereocenters. The van der Waals surface area contributed by atoms with Crippen LogP contribution in [-0.4, -0.2) is 32.2 Å². The van der Waals surface area contributed by atoms with Gasteiger partial charge in [0.1, 0.15) is 17.2 Å². The number of aromatic hydroxyl groups is 1. The second kappa shape index (κ2) is 4.68. The van der Waals surface area contributed by atoms with Gasteiger partial charge < -0.3 is 9.84 Å². The smallest absolute Gasteiger partial charge is 0.347 e. The first-order chi connectivity index (χ1) is 8.97. The Morgan fingerprint density at radius 3 is 2.84 bits per heavy atom. The molecule has 100 valence electrons. The average molecular weight is 263 g/mol. The minimum Gasteiger partial charge on any atom is -0.506 e. The number of hydrogen-bond donors (Lipinski definition) is 1. The van der Waals surface area contributed by atoms with Crippen LogP contribution in [0, 0.1) is 6.92 Å². The maximum atomic E-state index is 12.1. The van der Waals surface area contributed by atoms with Gasteiger partial charge in [-0.25, -0.2) is 14.8 Å². The first kappa shape index (κ1) is 13.0. The monoisotopic (exact) mass is 263 g/mol. The highest BCUT2D eigenvalue weighted by Gasteiger charge is 2.22. The van der Waals surface area contributed by atoms with E-state index in [4.69, 9.17) is 4.74 Å². The summed E-state index contributed by atoms with van der Waals surface area (Å²) in [6, 6.07) is 0. The largest absolute Gasteiger partial charge is 0.506 e. The van der Waals surface area contributed by atoms with E-state index in [0.717, 1.165) is 0 Å². The lowest BCUT2D eigenvalue weighted by atomic mass is 10.2. The Kier molecular flexibility index (Phi) is 3.20. The summed E-state index contributed by atoms with van der Waals surface area (Å²) >= 11 is 0.